The van der Waals surface area contributed by atoms with Gasteiger partial charge in [-0.3, -0.25) is 4.79 Å². The fraction of sp³-hybridized carbons (Fsp3) is 0.312. The van der Waals surface area contributed by atoms with Crippen molar-refractivity contribution in [2.24, 2.45) is 0 Å². The summed E-state index contributed by atoms with van der Waals surface area (Å²) in [6, 6.07) is 11.0. The van der Waals surface area contributed by atoms with Crippen LogP contribution >= 0.6 is 0 Å². The Morgan fingerprint density at radius 1 is 1.19 bits per heavy atom. The normalized spacial score (nSPS) is 10.4. The molecule has 0 saturated carbocycles. The van der Waals surface area contributed by atoms with Crippen LogP contribution in [0.1, 0.15) is 21.9 Å². The molecule has 1 heterocycles. The molecule has 0 saturated heterocycles. The van der Waals surface area contributed by atoms with E-state index in [-0.39, 0.29) is 5.91 Å². The predicted octanol–water partition coefficient (Wildman–Crippen LogP) is 2.71. The average molecular weight is 289 g/mol. The second-order valence-electron chi connectivity index (χ2n) is 4.67. The van der Waals surface area contributed by atoms with Crippen molar-refractivity contribution in [3.05, 3.63) is 53.5 Å². The molecule has 0 N–H and O–H groups in total. The summed E-state index contributed by atoms with van der Waals surface area (Å²) in [6.45, 7) is 0.798. The predicted molar refractivity (Wildman–Crippen MR) is 78.2 cm³/mol. The number of carbonyl (C=O) groups is 1. The maximum absolute atomic E-state index is 12.3. The van der Waals surface area contributed by atoms with Crippen molar-refractivity contribution in [2.45, 2.75) is 13.2 Å². The van der Waals surface area contributed by atoms with Gasteiger partial charge in [0.2, 0.25) is 0 Å². The molecule has 5 nitrogen and oxygen atoms in total. The van der Waals surface area contributed by atoms with E-state index in [9.17, 15) is 4.79 Å². The van der Waals surface area contributed by atoms with Gasteiger partial charge in [0.1, 0.15) is 18.1 Å². The Balaban J connectivity index is 2.08. The van der Waals surface area contributed by atoms with Gasteiger partial charge in [-0.05, 0) is 18.2 Å². The molecule has 5 heteroatoms. The lowest BCUT2D eigenvalue weighted by Crippen LogP contribution is -2.26. The molecule has 0 aliphatic heterocycles. The molecule has 0 bridgehead atoms. The molecule has 1 aromatic heterocycles. The van der Waals surface area contributed by atoms with Crippen LogP contribution in [-0.2, 0) is 17.9 Å². The third-order valence-corrected chi connectivity index (χ3v) is 3.11. The summed E-state index contributed by atoms with van der Waals surface area (Å²) < 4.78 is 15.7. The number of ether oxygens (including phenoxy) is 2. The lowest BCUT2D eigenvalue weighted by molar-refractivity contribution is 0.0744. The highest BCUT2D eigenvalue weighted by atomic mass is 16.5. The van der Waals surface area contributed by atoms with Crippen LogP contribution in [0.25, 0.3) is 0 Å². The molecular weight excluding hydrogens is 270 g/mol. The van der Waals surface area contributed by atoms with Crippen molar-refractivity contribution in [1.29, 1.82) is 0 Å². The van der Waals surface area contributed by atoms with Crippen LogP contribution in [0, 0.1) is 0 Å². The van der Waals surface area contributed by atoms with Crippen LogP contribution in [0.15, 0.2) is 40.8 Å². The van der Waals surface area contributed by atoms with Crippen LogP contribution in [-0.4, -0.2) is 32.1 Å². The van der Waals surface area contributed by atoms with Gasteiger partial charge in [-0.25, -0.2) is 0 Å². The summed E-state index contributed by atoms with van der Waals surface area (Å²) >= 11 is 0. The number of rotatable bonds is 6. The minimum atomic E-state index is -0.178. The summed E-state index contributed by atoms with van der Waals surface area (Å²) in [5, 5.41) is 0. The fourth-order valence-corrected chi connectivity index (χ4v) is 2.06. The van der Waals surface area contributed by atoms with Gasteiger partial charge in [0, 0.05) is 26.3 Å². The van der Waals surface area contributed by atoms with E-state index >= 15 is 0 Å². The summed E-state index contributed by atoms with van der Waals surface area (Å²) in [5.41, 5.74) is 0.944. The van der Waals surface area contributed by atoms with E-state index in [2.05, 4.69) is 0 Å². The molecular formula is C16H19NO4. The second kappa shape index (κ2) is 6.95. The highest BCUT2D eigenvalue weighted by Crippen LogP contribution is 2.20. The first kappa shape index (κ1) is 15.1. The monoisotopic (exact) mass is 289 g/mol. The SMILES string of the molecule is COCc1ccc(C(=O)N(C)Cc2ccccc2OC)o1. The van der Waals surface area contributed by atoms with Crippen LogP contribution in [0.5, 0.6) is 5.75 Å². The third kappa shape index (κ3) is 3.64. The van der Waals surface area contributed by atoms with Crippen LogP contribution in [0.2, 0.25) is 0 Å². The average Bonchev–Trinajstić information content (AvgIpc) is 2.96. The van der Waals surface area contributed by atoms with Crippen molar-refractivity contribution < 1.29 is 18.7 Å². The number of carbonyl (C=O) groups excluding carboxylic acids is 1. The van der Waals surface area contributed by atoms with Gasteiger partial charge in [0.15, 0.2) is 5.76 Å². The molecule has 1 amide bonds. The Bertz CT molecular complexity index is 606. The van der Waals surface area contributed by atoms with Gasteiger partial charge in [-0.1, -0.05) is 18.2 Å². The molecule has 0 unspecified atom stereocenters. The molecule has 0 aliphatic carbocycles. The van der Waals surface area contributed by atoms with Crippen molar-refractivity contribution in [1.82, 2.24) is 4.90 Å². The van der Waals surface area contributed by atoms with E-state index in [1.165, 1.54) is 0 Å². The van der Waals surface area contributed by atoms with Crippen LogP contribution < -0.4 is 4.74 Å². The molecule has 0 atom stereocenters. The van der Waals surface area contributed by atoms with E-state index in [1.54, 1.807) is 38.3 Å². The van der Waals surface area contributed by atoms with Gasteiger partial charge in [0.05, 0.1) is 7.11 Å². The van der Waals surface area contributed by atoms with E-state index in [4.69, 9.17) is 13.9 Å². The number of para-hydroxylation sites is 1. The summed E-state index contributed by atoms with van der Waals surface area (Å²) in [7, 11) is 4.93. The molecule has 112 valence electrons. The number of hydrogen-bond donors (Lipinski definition) is 0. The molecule has 2 rings (SSSR count). The lowest BCUT2D eigenvalue weighted by atomic mass is 10.2. The summed E-state index contributed by atoms with van der Waals surface area (Å²) in [6.07, 6.45) is 0. The summed E-state index contributed by atoms with van der Waals surface area (Å²) in [4.78, 5) is 13.9. The smallest absolute Gasteiger partial charge is 0.289 e. The zero-order valence-electron chi connectivity index (χ0n) is 12.5. The number of nitrogens with zero attached hydrogens (tertiary/aromatic N) is 1. The minimum Gasteiger partial charge on any atom is -0.496 e. The fourth-order valence-electron chi connectivity index (χ4n) is 2.06. The van der Waals surface area contributed by atoms with Crippen molar-refractivity contribution >= 4 is 5.91 Å². The van der Waals surface area contributed by atoms with Gasteiger partial charge in [-0.2, -0.15) is 0 Å². The van der Waals surface area contributed by atoms with E-state index < -0.39 is 0 Å². The standard InChI is InChI=1S/C16H19NO4/c1-17(10-12-6-4-5-7-14(12)20-3)16(18)15-9-8-13(21-15)11-19-2/h4-9H,10-11H2,1-3H3. The summed E-state index contributed by atoms with van der Waals surface area (Å²) in [5.74, 6) is 1.52. The third-order valence-electron chi connectivity index (χ3n) is 3.11. The minimum absolute atomic E-state index is 0.178. The van der Waals surface area contributed by atoms with E-state index in [0.29, 0.717) is 24.7 Å². The van der Waals surface area contributed by atoms with Crippen LogP contribution in [0.4, 0.5) is 0 Å². The Morgan fingerprint density at radius 3 is 2.67 bits per heavy atom. The molecule has 0 aliphatic rings. The van der Waals surface area contributed by atoms with Crippen molar-refractivity contribution in [3.8, 4) is 5.75 Å². The second-order valence-corrected chi connectivity index (χ2v) is 4.67. The molecule has 21 heavy (non-hydrogen) atoms. The van der Waals surface area contributed by atoms with Gasteiger partial charge in [0.25, 0.3) is 5.91 Å². The zero-order chi connectivity index (χ0) is 15.2. The van der Waals surface area contributed by atoms with Crippen molar-refractivity contribution in [3.63, 3.8) is 0 Å². The molecule has 0 fully saturated rings. The number of amides is 1. The van der Waals surface area contributed by atoms with E-state index in [1.807, 2.05) is 24.3 Å². The maximum atomic E-state index is 12.3. The Kier molecular flexibility index (Phi) is 5.00. The van der Waals surface area contributed by atoms with Gasteiger partial charge in [-0.15, -0.1) is 0 Å². The maximum Gasteiger partial charge on any atom is 0.289 e. The van der Waals surface area contributed by atoms with Crippen LogP contribution in [0.3, 0.4) is 0 Å². The first-order valence-electron chi connectivity index (χ1n) is 6.60. The number of hydrogen-bond acceptors (Lipinski definition) is 4. The quantitative estimate of drug-likeness (QED) is 0.820. The first-order valence-corrected chi connectivity index (χ1v) is 6.60. The lowest BCUT2D eigenvalue weighted by Gasteiger charge is -2.17. The molecule has 2 aromatic rings. The van der Waals surface area contributed by atoms with Crippen molar-refractivity contribution in [2.75, 3.05) is 21.3 Å². The van der Waals surface area contributed by atoms with E-state index in [0.717, 1.165) is 11.3 Å². The first-order chi connectivity index (χ1) is 10.2. The zero-order valence-corrected chi connectivity index (χ0v) is 12.5. The largest absolute Gasteiger partial charge is 0.496 e. The number of furan rings is 1. The van der Waals surface area contributed by atoms with Gasteiger partial charge >= 0.3 is 0 Å². The number of benzene rings is 1. The number of methoxy groups -OCH3 is 2. The Hall–Kier alpha value is -2.27. The Labute approximate surface area is 124 Å². The Morgan fingerprint density at radius 2 is 1.95 bits per heavy atom. The highest BCUT2D eigenvalue weighted by Gasteiger charge is 2.17. The molecule has 0 radical (unpaired) electrons. The molecule has 1 aromatic carbocycles. The molecule has 0 spiro atoms. The van der Waals surface area contributed by atoms with Gasteiger partial charge < -0.3 is 18.8 Å². The highest BCUT2D eigenvalue weighted by molar-refractivity contribution is 5.91. The topological polar surface area (TPSA) is 51.9 Å².